The molecule has 2 heterocycles. The van der Waals surface area contributed by atoms with E-state index in [1.165, 1.54) is 38.5 Å². The van der Waals surface area contributed by atoms with Crippen LogP contribution in [-0.4, -0.2) is 49.7 Å². The van der Waals surface area contributed by atoms with Gasteiger partial charge in [0.05, 0.1) is 18.8 Å². The summed E-state index contributed by atoms with van der Waals surface area (Å²) >= 11 is 0. The molecule has 0 aromatic heterocycles. The maximum atomic E-state index is 5.89. The lowest BCUT2D eigenvalue weighted by Crippen LogP contribution is -2.67. The first-order valence-electron chi connectivity index (χ1n) is 10.2. The van der Waals surface area contributed by atoms with Crippen LogP contribution in [0.4, 0.5) is 0 Å². The van der Waals surface area contributed by atoms with E-state index in [1.807, 2.05) is 0 Å². The average molecular weight is 335 g/mol. The molecule has 0 aromatic rings. The lowest BCUT2D eigenvalue weighted by atomic mass is 9.53. The summed E-state index contributed by atoms with van der Waals surface area (Å²) in [5, 5.41) is 7.52. The van der Waals surface area contributed by atoms with E-state index in [1.54, 1.807) is 0 Å². The van der Waals surface area contributed by atoms with E-state index in [9.17, 15) is 0 Å². The summed E-state index contributed by atoms with van der Waals surface area (Å²) in [6, 6.07) is 0.551. The van der Waals surface area contributed by atoms with Crippen molar-refractivity contribution in [1.82, 2.24) is 10.6 Å². The van der Waals surface area contributed by atoms with Gasteiger partial charge in [0.15, 0.2) is 0 Å². The molecule has 4 saturated carbocycles. The van der Waals surface area contributed by atoms with Gasteiger partial charge in [0.2, 0.25) is 0 Å². The second kappa shape index (κ2) is 6.20. The highest BCUT2D eigenvalue weighted by Crippen LogP contribution is 2.56. The summed E-state index contributed by atoms with van der Waals surface area (Å²) in [4.78, 5) is 0. The Kier molecular flexibility index (Phi) is 4.14. The van der Waals surface area contributed by atoms with Crippen LogP contribution in [0.15, 0.2) is 0 Å². The van der Waals surface area contributed by atoms with Gasteiger partial charge in [0.25, 0.3) is 0 Å². The number of hydrogen-bond acceptors (Lipinski definition) is 5. The molecule has 4 atom stereocenters. The molecule has 0 spiro atoms. The Hall–Kier alpha value is -0.200. The van der Waals surface area contributed by atoms with E-state index in [-0.39, 0.29) is 6.23 Å². The number of rotatable bonds is 8. The molecule has 4 unspecified atom stereocenters. The fourth-order valence-electron chi connectivity index (χ4n) is 6.45. The van der Waals surface area contributed by atoms with Gasteiger partial charge in [-0.05, 0) is 75.8 Å². The van der Waals surface area contributed by atoms with Gasteiger partial charge < -0.3 is 20.5 Å². The van der Waals surface area contributed by atoms with Crippen LogP contribution in [0, 0.1) is 17.8 Å². The lowest BCUT2D eigenvalue weighted by molar-refractivity contribution is -0.121. The summed E-state index contributed by atoms with van der Waals surface area (Å²) < 4.78 is 11.6. The minimum Gasteiger partial charge on any atom is -0.375 e. The number of nitrogens with one attached hydrogen (secondary N) is 2. The molecule has 24 heavy (non-hydrogen) atoms. The van der Waals surface area contributed by atoms with E-state index in [0.717, 1.165) is 50.3 Å². The van der Waals surface area contributed by atoms with Crippen LogP contribution in [0.3, 0.4) is 0 Å². The number of epoxide rings is 1. The third-order valence-corrected chi connectivity index (χ3v) is 7.24. The summed E-state index contributed by atoms with van der Waals surface area (Å²) in [5.41, 5.74) is 5.98. The maximum absolute atomic E-state index is 5.89. The molecule has 4 N–H and O–H groups in total. The monoisotopic (exact) mass is 335 g/mol. The molecule has 0 aromatic carbocycles. The van der Waals surface area contributed by atoms with Gasteiger partial charge >= 0.3 is 0 Å². The van der Waals surface area contributed by atoms with Crippen LogP contribution in [0.5, 0.6) is 0 Å². The Morgan fingerprint density at radius 2 is 1.71 bits per heavy atom. The minimum atomic E-state index is 0.237. The first-order chi connectivity index (χ1) is 11.7. The molecular formula is C19H33N3O2. The number of hydrogen-bond donors (Lipinski definition) is 3. The molecule has 2 saturated heterocycles. The van der Waals surface area contributed by atoms with Crippen LogP contribution < -0.4 is 16.4 Å². The molecule has 6 fully saturated rings. The van der Waals surface area contributed by atoms with Gasteiger partial charge in [-0.2, -0.15) is 0 Å². The molecule has 136 valence electrons. The molecule has 5 nitrogen and oxygen atoms in total. The molecule has 4 aliphatic carbocycles. The highest BCUT2D eigenvalue weighted by atomic mass is 16.6. The van der Waals surface area contributed by atoms with Crippen molar-refractivity contribution >= 4 is 0 Å². The standard InChI is InChI=1S/C19H33N3O2/c20-2-1-3-21-18-17(24-18)7-16-15(11-23-16)22-19-8-12-4-13(9-19)6-14(5-12)10-19/h12-18,21-22H,1-11,20H2. The van der Waals surface area contributed by atoms with E-state index < -0.39 is 0 Å². The van der Waals surface area contributed by atoms with Crippen molar-refractivity contribution in [2.45, 2.75) is 81.4 Å². The van der Waals surface area contributed by atoms with Gasteiger partial charge in [-0.15, -0.1) is 0 Å². The normalized spacial score (nSPS) is 51.6. The molecule has 0 amide bonds. The predicted molar refractivity (Wildman–Crippen MR) is 92.5 cm³/mol. The number of ether oxygens (including phenoxy) is 2. The van der Waals surface area contributed by atoms with Crippen molar-refractivity contribution < 1.29 is 9.47 Å². The smallest absolute Gasteiger partial charge is 0.135 e. The Morgan fingerprint density at radius 3 is 2.29 bits per heavy atom. The van der Waals surface area contributed by atoms with Crippen molar-refractivity contribution in [2.75, 3.05) is 19.7 Å². The second-order valence-corrected chi connectivity index (χ2v) is 9.25. The van der Waals surface area contributed by atoms with E-state index >= 15 is 0 Å². The Labute approximate surface area is 145 Å². The van der Waals surface area contributed by atoms with E-state index in [2.05, 4.69) is 10.6 Å². The highest BCUT2D eigenvalue weighted by Gasteiger charge is 2.53. The summed E-state index contributed by atoms with van der Waals surface area (Å²) in [6.45, 7) is 2.59. The molecule has 2 aliphatic heterocycles. The molecule has 6 aliphatic rings. The van der Waals surface area contributed by atoms with Crippen LogP contribution in [-0.2, 0) is 9.47 Å². The van der Waals surface area contributed by atoms with Crippen LogP contribution in [0.25, 0.3) is 0 Å². The largest absolute Gasteiger partial charge is 0.375 e. The molecular weight excluding hydrogens is 302 g/mol. The van der Waals surface area contributed by atoms with Crippen molar-refractivity contribution in [1.29, 1.82) is 0 Å². The maximum Gasteiger partial charge on any atom is 0.135 e. The molecule has 5 heteroatoms. The third-order valence-electron chi connectivity index (χ3n) is 7.24. The van der Waals surface area contributed by atoms with Crippen molar-refractivity contribution in [3.05, 3.63) is 0 Å². The minimum absolute atomic E-state index is 0.237. The summed E-state index contributed by atoms with van der Waals surface area (Å²) in [5.74, 6) is 3.02. The van der Waals surface area contributed by atoms with Gasteiger partial charge in [-0.1, -0.05) is 0 Å². The summed E-state index contributed by atoms with van der Waals surface area (Å²) in [7, 11) is 0. The Bertz CT molecular complexity index is 436. The zero-order valence-electron chi connectivity index (χ0n) is 14.7. The topological polar surface area (TPSA) is 71.8 Å². The zero-order valence-corrected chi connectivity index (χ0v) is 14.7. The van der Waals surface area contributed by atoms with Crippen LogP contribution >= 0.6 is 0 Å². The number of nitrogens with two attached hydrogens (primary N) is 1. The molecule has 6 rings (SSSR count). The van der Waals surface area contributed by atoms with E-state index in [4.69, 9.17) is 15.2 Å². The van der Waals surface area contributed by atoms with Gasteiger partial charge in [-0.3, -0.25) is 5.32 Å². The summed E-state index contributed by atoms with van der Waals surface area (Å²) in [6.07, 6.45) is 11.8. The second-order valence-electron chi connectivity index (χ2n) is 9.25. The average Bonchev–Trinajstić information content (AvgIpc) is 3.27. The van der Waals surface area contributed by atoms with Crippen molar-refractivity contribution in [2.24, 2.45) is 23.5 Å². The highest BCUT2D eigenvalue weighted by molar-refractivity contribution is 5.09. The lowest BCUT2D eigenvalue weighted by Gasteiger charge is -2.59. The third kappa shape index (κ3) is 3.03. The first kappa shape index (κ1) is 16.0. The van der Waals surface area contributed by atoms with E-state index in [0.29, 0.717) is 23.8 Å². The van der Waals surface area contributed by atoms with Crippen LogP contribution in [0.1, 0.15) is 51.4 Å². The predicted octanol–water partition coefficient (Wildman–Crippen LogP) is 1.37. The van der Waals surface area contributed by atoms with Crippen molar-refractivity contribution in [3.8, 4) is 0 Å². The fourth-order valence-corrected chi connectivity index (χ4v) is 6.45. The van der Waals surface area contributed by atoms with Gasteiger partial charge in [-0.25, -0.2) is 0 Å². The SMILES string of the molecule is NCCCNC1OC1CC1OCC1NC12CC3CC(CC(C3)C1)C2. The Morgan fingerprint density at radius 1 is 1.00 bits per heavy atom. The van der Waals surface area contributed by atoms with Gasteiger partial charge in [0, 0.05) is 12.0 Å². The molecule has 0 radical (unpaired) electrons. The van der Waals surface area contributed by atoms with Crippen LogP contribution in [0.2, 0.25) is 0 Å². The Balaban J connectivity index is 1.11. The molecule has 4 bridgehead atoms. The van der Waals surface area contributed by atoms with Gasteiger partial charge in [0.1, 0.15) is 12.3 Å². The zero-order chi connectivity index (χ0) is 16.1. The first-order valence-corrected chi connectivity index (χ1v) is 10.2. The fraction of sp³-hybridized carbons (Fsp3) is 1.00. The van der Waals surface area contributed by atoms with Crippen molar-refractivity contribution in [3.63, 3.8) is 0 Å². The quantitative estimate of drug-likeness (QED) is 0.461.